The van der Waals surface area contributed by atoms with Crippen molar-refractivity contribution in [3.8, 4) is 0 Å². The fraction of sp³-hybridized carbons (Fsp3) is 0.333. The van der Waals surface area contributed by atoms with Crippen LogP contribution in [-0.2, 0) is 9.53 Å². The molecule has 0 radical (unpaired) electrons. The van der Waals surface area contributed by atoms with Gasteiger partial charge in [0.05, 0.1) is 12.7 Å². The van der Waals surface area contributed by atoms with E-state index in [2.05, 4.69) is 16.3 Å². The molecular formula is C21H24N2O3S. The Labute approximate surface area is 164 Å². The third-order valence-corrected chi connectivity index (χ3v) is 5.70. The summed E-state index contributed by atoms with van der Waals surface area (Å²) in [6.07, 6.45) is 2.42. The van der Waals surface area contributed by atoms with Gasteiger partial charge in [-0.2, -0.15) is 0 Å². The van der Waals surface area contributed by atoms with Gasteiger partial charge in [-0.1, -0.05) is 18.2 Å². The zero-order valence-electron chi connectivity index (χ0n) is 15.6. The number of esters is 1. The summed E-state index contributed by atoms with van der Waals surface area (Å²) >= 11 is 1.32. The lowest BCUT2D eigenvalue weighted by Crippen LogP contribution is -2.19. The second kappa shape index (κ2) is 8.95. The molecule has 1 heterocycles. The standard InChI is InChI=1S/C21H24N2O3S/c1-15(21(25)26-2)27-19-11-4-3-10-18(19)20(24)22-16-8-7-9-17(14-16)23-12-5-6-13-23/h3-4,7-11,14-15H,5-6,12-13H2,1-2H3,(H,22,24). The molecule has 1 aliphatic heterocycles. The van der Waals surface area contributed by atoms with E-state index in [0.717, 1.165) is 29.4 Å². The number of methoxy groups -OCH3 is 1. The van der Waals surface area contributed by atoms with Crippen LogP contribution >= 0.6 is 11.8 Å². The highest BCUT2D eigenvalue weighted by Gasteiger charge is 2.19. The lowest BCUT2D eigenvalue weighted by Gasteiger charge is -2.18. The molecule has 0 aliphatic carbocycles. The minimum Gasteiger partial charge on any atom is -0.468 e. The van der Waals surface area contributed by atoms with Crippen molar-refractivity contribution in [3.05, 3.63) is 54.1 Å². The zero-order chi connectivity index (χ0) is 19.2. The maximum atomic E-state index is 12.8. The monoisotopic (exact) mass is 384 g/mol. The Kier molecular flexibility index (Phi) is 6.40. The van der Waals surface area contributed by atoms with Crippen LogP contribution in [0.4, 0.5) is 11.4 Å². The van der Waals surface area contributed by atoms with Gasteiger partial charge in [-0.25, -0.2) is 0 Å². The largest absolute Gasteiger partial charge is 0.468 e. The number of benzene rings is 2. The second-order valence-corrected chi connectivity index (χ2v) is 7.86. The summed E-state index contributed by atoms with van der Waals surface area (Å²) in [6, 6.07) is 15.2. The maximum Gasteiger partial charge on any atom is 0.318 e. The van der Waals surface area contributed by atoms with E-state index in [1.54, 1.807) is 13.0 Å². The van der Waals surface area contributed by atoms with Crippen molar-refractivity contribution in [1.29, 1.82) is 0 Å². The van der Waals surface area contributed by atoms with Gasteiger partial charge in [0.2, 0.25) is 0 Å². The number of amides is 1. The number of rotatable bonds is 6. The van der Waals surface area contributed by atoms with E-state index in [1.807, 2.05) is 36.4 Å². The van der Waals surface area contributed by atoms with E-state index in [4.69, 9.17) is 4.74 Å². The average Bonchev–Trinajstić information content (AvgIpc) is 3.22. The summed E-state index contributed by atoms with van der Waals surface area (Å²) in [5.41, 5.74) is 2.45. The van der Waals surface area contributed by atoms with Crippen molar-refractivity contribution in [2.24, 2.45) is 0 Å². The predicted molar refractivity (Wildman–Crippen MR) is 110 cm³/mol. The van der Waals surface area contributed by atoms with Crippen molar-refractivity contribution in [3.63, 3.8) is 0 Å². The van der Waals surface area contributed by atoms with Gasteiger partial charge in [-0.3, -0.25) is 9.59 Å². The molecule has 142 valence electrons. The molecule has 1 N–H and O–H groups in total. The van der Waals surface area contributed by atoms with Gasteiger partial charge in [-0.15, -0.1) is 11.8 Å². The molecule has 1 amide bonds. The first-order chi connectivity index (χ1) is 13.1. The Morgan fingerprint density at radius 1 is 1.11 bits per heavy atom. The first-order valence-electron chi connectivity index (χ1n) is 9.08. The molecule has 3 rings (SSSR count). The SMILES string of the molecule is COC(=O)C(C)Sc1ccccc1C(=O)Nc1cccc(N2CCCC2)c1. The van der Waals surface area contributed by atoms with Crippen molar-refractivity contribution in [1.82, 2.24) is 0 Å². The second-order valence-electron chi connectivity index (χ2n) is 6.48. The molecule has 0 aromatic heterocycles. The number of hydrogen-bond acceptors (Lipinski definition) is 5. The van der Waals surface area contributed by atoms with Gasteiger partial charge in [0, 0.05) is 29.4 Å². The van der Waals surface area contributed by atoms with Gasteiger partial charge in [0.25, 0.3) is 5.91 Å². The molecule has 0 spiro atoms. The minimum atomic E-state index is -0.387. The van der Waals surface area contributed by atoms with Crippen LogP contribution in [0, 0.1) is 0 Å². The Hall–Kier alpha value is -2.47. The van der Waals surface area contributed by atoms with Crippen LogP contribution in [0.5, 0.6) is 0 Å². The number of ether oxygens (including phenoxy) is 1. The van der Waals surface area contributed by atoms with Crippen LogP contribution in [0.15, 0.2) is 53.4 Å². The summed E-state index contributed by atoms with van der Waals surface area (Å²) in [5, 5.41) is 2.60. The molecule has 2 aromatic carbocycles. The van der Waals surface area contributed by atoms with Gasteiger partial charge in [0.15, 0.2) is 0 Å². The van der Waals surface area contributed by atoms with E-state index in [0.29, 0.717) is 5.56 Å². The van der Waals surface area contributed by atoms with Crippen LogP contribution in [0.2, 0.25) is 0 Å². The number of nitrogens with zero attached hydrogens (tertiary/aromatic N) is 1. The van der Waals surface area contributed by atoms with E-state index in [1.165, 1.54) is 31.7 Å². The third-order valence-electron chi connectivity index (χ3n) is 4.54. The number of thioether (sulfide) groups is 1. The number of carbonyl (C=O) groups excluding carboxylic acids is 2. The van der Waals surface area contributed by atoms with E-state index in [9.17, 15) is 9.59 Å². The van der Waals surface area contributed by atoms with Crippen LogP contribution in [-0.4, -0.2) is 37.3 Å². The highest BCUT2D eigenvalue weighted by molar-refractivity contribution is 8.00. The zero-order valence-corrected chi connectivity index (χ0v) is 16.4. The van der Waals surface area contributed by atoms with Crippen LogP contribution in [0.3, 0.4) is 0 Å². The van der Waals surface area contributed by atoms with Gasteiger partial charge in [-0.05, 0) is 50.1 Å². The molecule has 1 fully saturated rings. The number of carbonyl (C=O) groups is 2. The van der Waals surface area contributed by atoms with E-state index >= 15 is 0 Å². The van der Waals surface area contributed by atoms with E-state index < -0.39 is 0 Å². The summed E-state index contributed by atoms with van der Waals surface area (Å²) in [6.45, 7) is 3.88. The van der Waals surface area contributed by atoms with Crippen molar-refractivity contribution in [2.75, 3.05) is 30.4 Å². The fourth-order valence-corrected chi connectivity index (χ4v) is 4.13. The molecule has 1 atom stereocenters. The van der Waals surface area contributed by atoms with Crippen molar-refractivity contribution >= 4 is 35.0 Å². The molecule has 0 saturated carbocycles. The molecule has 1 aliphatic rings. The molecule has 2 aromatic rings. The fourth-order valence-electron chi connectivity index (χ4n) is 3.12. The predicted octanol–water partition coefficient (Wildman–Crippen LogP) is 4.19. The smallest absolute Gasteiger partial charge is 0.318 e. The number of hydrogen-bond donors (Lipinski definition) is 1. The Bertz CT molecular complexity index is 819. The van der Waals surface area contributed by atoms with Crippen LogP contribution < -0.4 is 10.2 Å². The molecule has 27 heavy (non-hydrogen) atoms. The van der Waals surface area contributed by atoms with Gasteiger partial charge < -0.3 is 15.0 Å². The summed E-state index contributed by atoms with van der Waals surface area (Å²) in [7, 11) is 1.37. The summed E-state index contributed by atoms with van der Waals surface area (Å²) in [4.78, 5) is 27.6. The molecule has 0 bridgehead atoms. The van der Waals surface area contributed by atoms with Crippen molar-refractivity contribution < 1.29 is 14.3 Å². The number of anilines is 2. The Balaban J connectivity index is 1.75. The average molecular weight is 385 g/mol. The molecule has 5 nitrogen and oxygen atoms in total. The molecule has 1 saturated heterocycles. The van der Waals surface area contributed by atoms with Gasteiger partial charge >= 0.3 is 5.97 Å². The third kappa shape index (κ3) is 4.83. The van der Waals surface area contributed by atoms with Crippen LogP contribution in [0.25, 0.3) is 0 Å². The highest BCUT2D eigenvalue weighted by atomic mass is 32.2. The normalized spacial score (nSPS) is 14.7. The lowest BCUT2D eigenvalue weighted by atomic mass is 10.2. The molecule has 6 heteroatoms. The lowest BCUT2D eigenvalue weighted by molar-refractivity contribution is -0.139. The first-order valence-corrected chi connectivity index (χ1v) is 9.96. The quantitative estimate of drug-likeness (QED) is 0.598. The van der Waals surface area contributed by atoms with Crippen LogP contribution in [0.1, 0.15) is 30.1 Å². The Morgan fingerprint density at radius 2 is 1.85 bits per heavy atom. The molecule has 1 unspecified atom stereocenters. The topological polar surface area (TPSA) is 58.6 Å². The van der Waals surface area contributed by atoms with E-state index in [-0.39, 0.29) is 17.1 Å². The Morgan fingerprint density at radius 3 is 2.59 bits per heavy atom. The summed E-state index contributed by atoms with van der Waals surface area (Å²) < 4.78 is 4.78. The highest BCUT2D eigenvalue weighted by Crippen LogP contribution is 2.29. The number of nitrogens with one attached hydrogen (secondary N) is 1. The molecular weight excluding hydrogens is 360 g/mol. The first kappa shape index (κ1) is 19.3. The van der Waals surface area contributed by atoms with Gasteiger partial charge in [0.1, 0.15) is 5.25 Å². The maximum absolute atomic E-state index is 12.8. The minimum absolute atomic E-state index is 0.186. The summed E-state index contributed by atoms with van der Waals surface area (Å²) in [5.74, 6) is -0.498. The van der Waals surface area contributed by atoms with Crippen molar-refractivity contribution in [2.45, 2.75) is 29.9 Å².